The van der Waals surface area contributed by atoms with Crippen LogP contribution in [0.25, 0.3) is 0 Å². The van der Waals surface area contributed by atoms with Crippen molar-refractivity contribution in [3.05, 3.63) is 87.3 Å². The van der Waals surface area contributed by atoms with Gasteiger partial charge in [0, 0.05) is 57.6 Å². The molecule has 1 aliphatic rings. The van der Waals surface area contributed by atoms with E-state index in [0.717, 1.165) is 42.0 Å². The van der Waals surface area contributed by atoms with Crippen LogP contribution in [-0.2, 0) is 25.9 Å². The van der Waals surface area contributed by atoms with Gasteiger partial charge in [-0.1, -0.05) is 18.2 Å². The van der Waals surface area contributed by atoms with Crippen molar-refractivity contribution in [3.63, 3.8) is 0 Å². The number of nitrogens with one attached hydrogen (secondary N) is 1. The molecule has 7 heteroatoms. The van der Waals surface area contributed by atoms with Gasteiger partial charge in [-0.25, -0.2) is 9.37 Å². The van der Waals surface area contributed by atoms with Gasteiger partial charge >= 0.3 is 0 Å². The molecular weight excluding hydrogens is 369 g/mol. The summed E-state index contributed by atoms with van der Waals surface area (Å²) < 4.78 is 13.1. The molecule has 0 aliphatic carbocycles. The molecule has 6 nitrogen and oxygen atoms in total. The Morgan fingerprint density at radius 2 is 1.93 bits per heavy atom. The molecule has 3 aromatic rings. The molecule has 0 saturated carbocycles. The molecule has 0 bridgehead atoms. The highest BCUT2D eigenvalue weighted by Crippen LogP contribution is 2.16. The second kappa shape index (κ2) is 8.53. The lowest BCUT2D eigenvalue weighted by Crippen LogP contribution is -2.27. The zero-order valence-electron chi connectivity index (χ0n) is 16.4. The van der Waals surface area contributed by atoms with E-state index >= 15 is 0 Å². The maximum Gasteiger partial charge on any atom is 0.255 e. The summed E-state index contributed by atoms with van der Waals surface area (Å²) in [4.78, 5) is 28.7. The quantitative estimate of drug-likeness (QED) is 0.722. The highest BCUT2D eigenvalue weighted by Gasteiger charge is 2.20. The number of aromatic amines is 1. The summed E-state index contributed by atoms with van der Waals surface area (Å²) in [5.74, 6) is 0.347. The van der Waals surface area contributed by atoms with Crippen molar-refractivity contribution >= 4 is 5.95 Å². The number of halogens is 1. The van der Waals surface area contributed by atoms with Gasteiger partial charge in [-0.2, -0.15) is 0 Å². The van der Waals surface area contributed by atoms with E-state index < -0.39 is 0 Å². The van der Waals surface area contributed by atoms with Gasteiger partial charge in [0.2, 0.25) is 5.95 Å². The van der Waals surface area contributed by atoms with Gasteiger partial charge in [-0.15, -0.1) is 0 Å². The predicted octanol–water partition coefficient (Wildman–Crippen LogP) is 2.54. The Morgan fingerprint density at radius 3 is 2.69 bits per heavy atom. The van der Waals surface area contributed by atoms with Crippen LogP contribution in [0.3, 0.4) is 0 Å². The molecule has 1 aromatic carbocycles. The molecule has 3 heterocycles. The third-order valence-corrected chi connectivity index (χ3v) is 5.26. The van der Waals surface area contributed by atoms with Crippen LogP contribution in [0.2, 0.25) is 0 Å². The van der Waals surface area contributed by atoms with E-state index in [-0.39, 0.29) is 11.4 Å². The first kappa shape index (κ1) is 19.3. The number of anilines is 1. The Labute approximate surface area is 169 Å². The van der Waals surface area contributed by atoms with Crippen molar-refractivity contribution in [2.75, 3.05) is 25.0 Å². The Morgan fingerprint density at radius 1 is 1.14 bits per heavy atom. The average molecular weight is 393 g/mol. The van der Waals surface area contributed by atoms with Gasteiger partial charge in [-0.3, -0.25) is 19.7 Å². The SMILES string of the molecule is CN(Cc1cccnc1)c1nc2c(c(=O)[nH]1)CCN(Cc1ccc(F)cc1)CC2. The number of pyridine rings is 1. The van der Waals surface area contributed by atoms with E-state index in [1.807, 2.05) is 42.4 Å². The van der Waals surface area contributed by atoms with Crippen molar-refractivity contribution in [3.8, 4) is 0 Å². The lowest BCUT2D eigenvalue weighted by molar-refractivity contribution is 0.278. The molecule has 1 N–H and O–H groups in total. The summed E-state index contributed by atoms with van der Waals surface area (Å²) in [6.07, 6.45) is 4.93. The van der Waals surface area contributed by atoms with E-state index in [2.05, 4.69) is 14.9 Å². The maximum absolute atomic E-state index is 13.1. The largest absolute Gasteiger partial charge is 0.341 e. The molecule has 2 aromatic heterocycles. The molecule has 0 unspecified atom stereocenters. The van der Waals surface area contributed by atoms with Gasteiger partial charge in [0.1, 0.15) is 5.82 Å². The fourth-order valence-electron chi connectivity index (χ4n) is 3.67. The molecule has 0 saturated heterocycles. The van der Waals surface area contributed by atoms with Crippen molar-refractivity contribution in [2.45, 2.75) is 25.9 Å². The first-order valence-electron chi connectivity index (χ1n) is 9.77. The van der Waals surface area contributed by atoms with Gasteiger partial charge in [0.05, 0.1) is 5.69 Å². The van der Waals surface area contributed by atoms with Crippen molar-refractivity contribution < 1.29 is 4.39 Å². The number of hydrogen-bond acceptors (Lipinski definition) is 5. The van der Waals surface area contributed by atoms with Crippen LogP contribution in [0.5, 0.6) is 0 Å². The number of benzene rings is 1. The zero-order valence-corrected chi connectivity index (χ0v) is 16.4. The lowest BCUT2D eigenvalue weighted by atomic mass is 10.1. The minimum Gasteiger partial charge on any atom is -0.341 e. The summed E-state index contributed by atoms with van der Waals surface area (Å²) in [5, 5.41) is 0. The summed E-state index contributed by atoms with van der Waals surface area (Å²) in [6.45, 7) is 2.94. The zero-order chi connectivity index (χ0) is 20.2. The topological polar surface area (TPSA) is 65.1 Å². The highest BCUT2D eigenvalue weighted by atomic mass is 19.1. The van der Waals surface area contributed by atoms with Crippen molar-refractivity contribution in [1.82, 2.24) is 19.9 Å². The highest BCUT2D eigenvalue weighted by molar-refractivity contribution is 5.34. The minimum absolute atomic E-state index is 0.0633. The number of nitrogens with zero attached hydrogens (tertiary/aromatic N) is 4. The van der Waals surface area contributed by atoms with Crippen LogP contribution in [0.4, 0.5) is 10.3 Å². The van der Waals surface area contributed by atoms with E-state index in [4.69, 9.17) is 4.98 Å². The number of rotatable bonds is 5. The molecule has 29 heavy (non-hydrogen) atoms. The van der Waals surface area contributed by atoms with Crippen LogP contribution in [0.15, 0.2) is 53.6 Å². The summed E-state index contributed by atoms with van der Waals surface area (Å²) >= 11 is 0. The van der Waals surface area contributed by atoms with Crippen LogP contribution in [0.1, 0.15) is 22.4 Å². The third-order valence-electron chi connectivity index (χ3n) is 5.26. The second-order valence-corrected chi connectivity index (χ2v) is 7.43. The van der Waals surface area contributed by atoms with Crippen LogP contribution >= 0.6 is 0 Å². The fraction of sp³-hybridized carbons (Fsp3) is 0.318. The fourth-order valence-corrected chi connectivity index (χ4v) is 3.67. The van der Waals surface area contributed by atoms with E-state index in [1.54, 1.807) is 6.20 Å². The lowest BCUT2D eigenvalue weighted by Gasteiger charge is -2.19. The molecule has 0 amide bonds. The summed E-state index contributed by atoms with van der Waals surface area (Å²) in [7, 11) is 1.91. The average Bonchev–Trinajstić information content (AvgIpc) is 2.93. The predicted molar refractivity (Wildman–Crippen MR) is 110 cm³/mol. The van der Waals surface area contributed by atoms with Gasteiger partial charge in [0.15, 0.2) is 0 Å². The standard InChI is InChI=1S/C22H24FN5O/c1-27(14-17-3-2-10-24-13-17)22-25-20-9-12-28(11-8-19(20)21(29)26-22)15-16-4-6-18(23)7-5-16/h2-7,10,13H,8-9,11-12,14-15H2,1H3,(H,25,26,29). The molecule has 1 aliphatic heterocycles. The molecule has 0 spiro atoms. The van der Waals surface area contributed by atoms with Gasteiger partial charge < -0.3 is 4.90 Å². The first-order valence-corrected chi connectivity index (χ1v) is 9.77. The molecule has 0 radical (unpaired) electrons. The molecule has 150 valence electrons. The Balaban J connectivity index is 1.48. The second-order valence-electron chi connectivity index (χ2n) is 7.43. The summed E-state index contributed by atoms with van der Waals surface area (Å²) in [5.41, 5.74) is 3.69. The monoisotopic (exact) mass is 393 g/mol. The molecular formula is C22H24FN5O. The number of aromatic nitrogens is 3. The van der Waals surface area contributed by atoms with Gasteiger partial charge in [-0.05, 0) is 35.7 Å². The minimum atomic E-state index is -0.226. The van der Waals surface area contributed by atoms with Crippen LogP contribution < -0.4 is 10.5 Å². The van der Waals surface area contributed by atoms with Crippen LogP contribution in [-0.4, -0.2) is 40.0 Å². The van der Waals surface area contributed by atoms with Crippen molar-refractivity contribution in [2.24, 2.45) is 0 Å². The smallest absolute Gasteiger partial charge is 0.255 e. The first-order chi connectivity index (χ1) is 14.1. The molecule has 4 rings (SSSR count). The Hall–Kier alpha value is -3.06. The van der Waals surface area contributed by atoms with Gasteiger partial charge in [0.25, 0.3) is 5.56 Å². The van der Waals surface area contributed by atoms with Crippen molar-refractivity contribution in [1.29, 1.82) is 0 Å². The molecule has 0 atom stereocenters. The number of fused-ring (bicyclic) bond motifs is 1. The number of hydrogen-bond donors (Lipinski definition) is 1. The van der Waals surface area contributed by atoms with E-state index in [1.165, 1.54) is 12.1 Å². The summed E-state index contributed by atoms with van der Waals surface area (Å²) in [6, 6.07) is 10.5. The Kier molecular flexibility index (Phi) is 5.67. The Bertz CT molecular complexity index is 1020. The third kappa shape index (κ3) is 4.68. The van der Waals surface area contributed by atoms with Crippen LogP contribution in [0, 0.1) is 5.82 Å². The maximum atomic E-state index is 13.1. The molecule has 0 fully saturated rings. The normalized spacial score (nSPS) is 14.3. The number of H-pyrrole nitrogens is 1. The van der Waals surface area contributed by atoms with E-state index in [9.17, 15) is 9.18 Å². The van der Waals surface area contributed by atoms with E-state index in [0.29, 0.717) is 25.3 Å².